The molecule has 0 spiro atoms. The van der Waals surface area contributed by atoms with Crippen molar-refractivity contribution in [2.45, 2.75) is 103 Å². The summed E-state index contributed by atoms with van der Waals surface area (Å²) in [7, 11) is 3.55. The Labute approximate surface area is 338 Å². The number of nitrogens with one attached hydrogen (secondary N) is 2. The van der Waals surface area contributed by atoms with Crippen LogP contribution in [0.5, 0.6) is 0 Å². The van der Waals surface area contributed by atoms with Crippen LogP contribution in [0.4, 0.5) is 11.4 Å². The lowest BCUT2D eigenvalue weighted by Crippen LogP contribution is -2.31. The second-order valence-electron chi connectivity index (χ2n) is 15.1. The second-order valence-corrected chi connectivity index (χ2v) is 15.9. The van der Waals surface area contributed by atoms with Crippen molar-refractivity contribution < 1.29 is 19.2 Å². The van der Waals surface area contributed by atoms with Gasteiger partial charge in [-0.1, -0.05) is 37.0 Å². The highest BCUT2D eigenvalue weighted by molar-refractivity contribution is 6.35. The molecule has 4 aromatic rings. The third-order valence-corrected chi connectivity index (χ3v) is 12.2. The van der Waals surface area contributed by atoms with Crippen LogP contribution < -0.4 is 20.4 Å². The Hall–Kier alpha value is -4.80. The van der Waals surface area contributed by atoms with Crippen LogP contribution in [0.3, 0.4) is 0 Å². The largest absolute Gasteiger partial charge is 0.349 e. The summed E-state index contributed by atoms with van der Waals surface area (Å²) in [5, 5.41) is 7.43. The minimum absolute atomic E-state index is 0.0144. The number of pyridine rings is 2. The van der Waals surface area contributed by atoms with Gasteiger partial charge in [0.05, 0.1) is 33.5 Å². The van der Waals surface area contributed by atoms with E-state index in [1.807, 2.05) is 50.8 Å². The number of benzene rings is 2. The molecule has 4 heterocycles. The molecule has 2 aromatic carbocycles. The highest BCUT2D eigenvalue weighted by atomic mass is 35.5. The van der Waals surface area contributed by atoms with E-state index in [0.29, 0.717) is 48.6 Å². The predicted octanol–water partition coefficient (Wildman–Crippen LogP) is 8.43. The number of aryl methyl sites for hydroxylation is 2. The van der Waals surface area contributed by atoms with E-state index in [1.165, 1.54) is 11.1 Å². The number of aromatic nitrogens is 2. The Morgan fingerprint density at radius 2 is 1.05 bits per heavy atom. The van der Waals surface area contributed by atoms with Crippen molar-refractivity contribution in [3.63, 3.8) is 0 Å². The number of fused-ring (bicyclic) bond motifs is 4. The van der Waals surface area contributed by atoms with Gasteiger partial charge in [-0.25, -0.2) is 0 Å². The minimum Gasteiger partial charge on any atom is -0.349 e. The molecule has 4 amide bonds. The summed E-state index contributed by atoms with van der Waals surface area (Å²) in [4.78, 5) is 60.1. The first-order valence-corrected chi connectivity index (χ1v) is 20.4. The van der Waals surface area contributed by atoms with E-state index >= 15 is 0 Å². The van der Waals surface area contributed by atoms with Gasteiger partial charge < -0.3 is 20.4 Å². The molecule has 56 heavy (non-hydrogen) atoms. The van der Waals surface area contributed by atoms with E-state index in [4.69, 9.17) is 23.2 Å². The summed E-state index contributed by atoms with van der Waals surface area (Å²) in [6.45, 7) is 3.73. The number of hydrogen-bond donors (Lipinski definition) is 2. The normalized spacial score (nSPS) is 18.5. The van der Waals surface area contributed by atoms with Crippen molar-refractivity contribution in [2.24, 2.45) is 0 Å². The number of halogens is 2. The smallest absolute Gasteiger partial charge is 0.227 e. The summed E-state index contributed by atoms with van der Waals surface area (Å²) in [6.07, 6.45) is 16.7. The number of hydrogen-bond acceptors (Lipinski definition) is 6. The standard InChI is InChI=1S/2C22H24ClN3O2/c2*1-3-20(27)25-19-6-4-5-15-16(11-24-12-17(15)19)14-9-13-7-8-21(28)26(2)22(13)18(23)10-14/h2*9-12,19H,3-8H2,1-2H3,(H,25,27). The fourth-order valence-electron chi connectivity index (χ4n) is 8.66. The van der Waals surface area contributed by atoms with Gasteiger partial charge in [0.1, 0.15) is 0 Å². The molecule has 2 atom stereocenters. The maximum absolute atomic E-state index is 12.0. The van der Waals surface area contributed by atoms with Gasteiger partial charge in [0.25, 0.3) is 0 Å². The molecule has 0 saturated carbocycles. The average molecular weight is 796 g/mol. The van der Waals surface area contributed by atoms with Crippen molar-refractivity contribution in [3.05, 3.63) is 92.5 Å². The van der Waals surface area contributed by atoms with Gasteiger partial charge in [0.2, 0.25) is 23.6 Å². The molecule has 2 aromatic heterocycles. The lowest BCUT2D eigenvalue weighted by atomic mass is 9.84. The molecule has 0 radical (unpaired) electrons. The van der Waals surface area contributed by atoms with Crippen LogP contribution in [-0.4, -0.2) is 47.7 Å². The first kappa shape index (κ1) is 39.4. The zero-order valence-electron chi connectivity index (χ0n) is 32.4. The van der Waals surface area contributed by atoms with Crippen LogP contribution in [0, 0.1) is 0 Å². The molecular weight excluding hydrogens is 747 g/mol. The van der Waals surface area contributed by atoms with Gasteiger partial charge in [-0.05, 0) is 120 Å². The Bertz CT molecular complexity index is 2070. The van der Waals surface area contributed by atoms with Gasteiger partial charge >= 0.3 is 0 Å². The molecule has 10 nitrogen and oxygen atoms in total. The van der Waals surface area contributed by atoms with Crippen molar-refractivity contribution in [2.75, 3.05) is 23.9 Å². The maximum Gasteiger partial charge on any atom is 0.227 e. The first-order chi connectivity index (χ1) is 27.0. The zero-order valence-corrected chi connectivity index (χ0v) is 33.9. The fraction of sp³-hybridized carbons (Fsp3) is 0.409. The van der Waals surface area contributed by atoms with E-state index in [2.05, 4.69) is 32.7 Å². The van der Waals surface area contributed by atoms with Crippen LogP contribution in [0.1, 0.15) is 111 Å². The molecule has 0 bridgehead atoms. The predicted molar refractivity (Wildman–Crippen MR) is 221 cm³/mol. The van der Waals surface area contributed by atoms with Gasteiger partial charge in [-0.3, -0.25) is 29.1 Å². The molecule has 4 aliphatic rings. The van der Waals surface area contributed by atoms with E-state index in [0.717, 1.165) is 94.4 Å². The summed E-state index contributed by atoms with van der Waals surface area (Å²) < 4.78 is 0. The Balaban J connectivity index is 0.000000172. The zero-order chi connectivity index (χ0) is 39.7. The molecule has 292 valence electrons. The Morgan fingerprint density at radius 1 is 0.643 bits per heavy atom. The molecule has 0 saturated heterocycles. The highest BCUT2D eigenvalue weighted by Gasteiger charge is 2.29. The van der Waals surface area contributed by atoms with Gasteiger partial charge in [-0.2, -0.15) is 0 Å². The Morgan fingerprint density at radius 3 is 1.45 bits per heavy atom. The van der Waals surface area contributed by atoms with E-state index in [-0.39, 0.29) is 35.7 Å². The third kappa shape index (κ3) is 7.78. The van der Waals surface area contributed by atoms with Crippen LogP contribution in [0.2, 0.25) is 10.0 Å². The summed E-state index contributed by atoms with van der Waals surface area (Å²) in [5.74, 6) is 0.311. The van der Waals surface area contributed by atoms with Crippen LogP contribution in [0.15, 0.2) is 49.1 Å². The van der Waals surface area contributed by atoms with Crippen molar-refractivity contribution in [1.29, 1.82) is 0 Å². The fourth-order valence-corrected chi connectivity index (χ4v) is 9.39. The van der Waals surface area contributed by atoms with E-state index in [1.54, 1.807) is 23.9 Å². The average Bonchev–Trinajstić information content (AvgIpc) is 3.20. The monoisotopic (exact) mass is 794 g/mol. The lowest BCUT2D eigenvalue weighted by molar-refractivity contribution is -0.122. The maximum atomic E-state index is 12.0. The minimum atomic E-state index is 0.0144. The molecule has 2 aliphatic heterocycles. The SMILES string of the molecule is CCC(=O)NC1CCCc2c(-c3cc(Cl)c4c(c3)CCC(=O)N4C)cncc21.CCC(=O)NC1CCCc2c(-c3cc(Cl)c4c(c3)CCC(=O)N4C)cncc21. The highest BCUT2D eigenvalue weighted by Crippen LogP contribution is 2.43. The topological polar surface area (TPSA) is 125 Å². The molecule has 2 unspecified atom stereocenters. The quantitative estimate of drug-likeness (QED) is 0.202. The first-order valence-electron chi connectivity index (χ1n) is 19.7. The van der Waals surface area contributed by atoms with Crippen molar-refractivity contribution in [1.82, 2.24) is 20.6 Å². The van der Waals surface area contributed by atoms with Crippen molar-refractivity contribution >= 4 is 58.2 Å². The molecule has 2 aliphatic carbocycles. The molecule has 8 rings (SSSR count). The second kappa shape index (κ2) is 16.7. The number of anilines is 2. The van der Waals surface area contributed by atoms with Gasteiger partial charge in [0.15, 0.2) is 0 Å². The number of rotatable bonds is 6. The lowest BCUT2D eigenvalue weighted by Gasteiger charge is -2.29. The van der Waals surface area contributed by atoms with Gasteiger partial charge in [-0.15, -0.1) is 0 Å². The number of amides is 4. The van der Waals surface area contributed by atoms with Crippen LogP contribution in [-0.2, 0) is 44.9 Å². The molecule has 0 fully saturated rings. The number of carbonyl (C=O) groups is 4. The Kier molecular flexibility index (Phi) is 11.8. The summed E-state index contributed by atoms with van der Waals surface area (Å²) in [5.41, 5.74) is 12.7. The number of carbonyl (C=O) groups excluding carboxylic acids is 4. The summed E-state index contributed by atoms with van der Waals surface area (Å²) >= 11 is 13.2. The molecule has 12 heteroatoms. The third-order valence-electron chi connectivity index (χ3n) is 11.6. The van der Waals surface area contributed by atoms with Gasteiger partial charge in [0, 0.05) is 75.7 Å². The molecular formula is C44H48Cl2N6O4. The van der Waals surface area contributed by atoms with Crippen molar-refractivity contribution in [3.8, 4) is 22.3 Å². The van der Waals surface area contributed by atoms with Crippen LogP contribution >= 0.6 is 23.2 Å². The van der Waals surface area contributed by atoms with E-state index in [9.17, 15) is 19.2 Å². The van der Waals surface area contributed by atoms with E-state index < -0.39 is 0 Å². The number of nitrogens with zero attached hydrogens (tertiary/aromatic N) is 4. The van der Waals surface area contributed by atoms with Crippen LogP contribution in [0.25, 0.3) is 22.3 Å². The molecule has 2 N–H and O–H groups in total. The summed E-state index contributed by atoms with van der Waals surface area (Å²) in [6, 6.07) is 8.16.